The van der Waals surface area contributed by atoms with E-state index in [1.807, 2.05) is 38.8 Å². The van der Waals surface area contributed by atoms with Gasteiger partial charge in [0.15, 0.2) is 5.82 Å². The van der Waals surface area contributed by atoms with Crippen LogP contribution < -0.4 is 15.3 Å². The quantitative estimate of drug-likeness (QED) is 0.475. The van der Waals surface area contributed by atoms with E-state index in [9.17, 15) is 13.6 Å². The van der Waals surface area contributed by atoms with Gasteiger partial charge in [-0.15, -0.1) is 0 Å². The maximum atomic E-state index is 14.2. The zero-order chi connectivity index (χ0) is 30.2. The molecule has 0 radical (unpaired) electrons. The number of rotatable bonds is 4. The number of nitrogens with zero attached hydrogens (tertiary/aromatic N) is 7. The monoisotopic (exact) mass is 580 g/mol. The van der Waals surface area contributed by atoms with Crippen LogP contribution in [0.15, 0.2) is 49.1 Å². The summed E-state index contributed by atoms with van der Waals surface area (Å²) in [5.41, 5.74) is 6.85. The third-order valence-electron chi connectivity index (χ3n) is 7.69. The Morgan fingerprint density at radius 3 is 2.33 bits per heavy atom. The number of halogens is 2. The number of anilines is 2. The first-order chi connectivity index (χ1) is 20.5. The number of pyridine rings is 1. The molecule has 3 aliphatic heterocycles. The first kappa shape index (κ1) is 31.2. The molecule has 11 heteroatoms. The van der Waals surface area contributed by atoms with Crippen molar-refractivity contribution < 1.29 is 13.6 Å². The Balaban J connectivity index is 0.000000972. The summed E-state index contributed by atoms with van der Waals surface area (Å²) >= 11 is 0. The van der Waals surface area contributed by atoms with Gasteiger partial charge < -0.3 is 14.7 Å². The number of piperazine rings is 1. The van der Waals surface area contributed by atoms with E-state index >= 15 is 0 Å². The molecule has 1 N–H and O–H groups in total. The molecule has 1 unspecified atom stereocenters. The minimum Gasteiger partial charge on any atom is -0.368 e. The summed E-state index contributed by atoms with van der Waals surface area (Å²) in [5.74, 6) is -1.24. The fourth-order valence-corrected chi connectivity index (χ4v) is 5.43. The van der Waals surface area contributed by atoms with Gasteiger partial charge in [0.25, 0.3) is 0 Å². The topological polar surface area (TPSA) is 80.7 Å². The molecule has 5 heterocycles. The van der Waals surface area contributed by atoms with Gasteiger partial charge in [-0.05, 0) is 44.2 Å². The zero-order valence-electron chi connectivity index (χ0n) is 25.2. The van der Waals surface area contributed by atoms with Gasteiger partial charge in [0.05, 0.1) is 28.8 Å². The van der Waals surface area contributed by atoms with Gasteiger partial charge in [0, 0.05) is 57.5 Å². The Morgan fingerprint density at radius 1 is 0.929 bits per heavy atom. The number of carbonyl (C=O) groups excluding carboxylic acids is 1. The molecule has 0 aliphatic carbocycles. The SMILES string of the molecule is CC.CC.CN1CCN(c2cnc3c(C4CCN(C(=O)C5C=CN(c6ccc(F)cc6F)N5)CC4)ncnc3c2)CC1. The highest BCUT2D eigenvalue weighted by molar-refractivity contribution is 5.85. The molecule has 42 heavy (non-hydrogen) atoms. The summed E-state index contributed by atoms with van der Waals surface area (Å²) in [6.07, 6.45) is 8.37. The highest BCUT2D eigenvalue weighted by atomic mass is 19.1. The second-order valence-electron chi connectivity index (χ2n) is 10.1. The predicted octanol–water partition coefficient (Wildman–Crippen LogP) is 4.72. The van der Waals surface area contributed by atoms with E-state index in [-0.39, 0.29) is 17.5 Å². The molecule has 3 aliphatic rings. The molecule has 2 aromatic heterocycles. The molecule has 3 aromatic rings. The molecule has 0 bridgehead atoms. The first-order valence-corrected chi connectivity index (χ1v) is 15.0. The maximum Gasteiger partial charge on any atom is 0.245 e. The Kier molecular flexibility index (Phi) is 10.8. The number of hydrazine groups is 1. The summed E-state index contributed by atoms with van der Waals surface area (Å²) in [6.45, 7) is 13.2. The minimum absolute atomic E-state index is 0.0767. The van der Waals surface area contributed by atoms with Gasteiger partial charge in [-0.25, -0.2) is 24.2 Å². The number of hydrogen-bond acceptors (Lipinski definition) is 8. The molecule has 2 fully saturated rings. The highest BCUT2D eigenvalue weighted by Gasteiger charge is 2.32. The lowest BCUT2D eigenvalue weighted by Crippen LogP contribution is -2.49. The van der Waals surface area contributed by atoms with Crippen LogP contribution in [0.3, 0.4) is 0 Å². The van der Waals surface area contributed by atoms with Gasteiger partial charge in [-0.2, -0.15) is 0 Å². The van der Waals surface area contributed by atoms with Crippen LogP contribution in [0, 0.1) is 11.6 Å². The van der Waals surface area contributed by atoms with Crippen LogP contribution in [0.2, 0.25) is 0 Å². The number of piperidine rings is 1. The van der Waals surface area contributed by atoms with E-state index in [2.05, 4.69) is 38.3 Å². The Morgan fingerprint density at radius 2 is 1.64 bits per heavy atom. The van der Waals surface area contributed by atoms with E-state index in [1.54, 1.807) is 18.6 Å². The number of likely N-dealkylation sites (N-methyl/N-ethyl adjacent to an activating group) is 1. The maximum absolute atomic E-state index is 14.2. The van der Waals surface area contributed by atoms with E-state index in [4.69, 9.17) is 4.98 Å². The molecule has 0 spiro atoms. The van der Waals surface area contributed by atoms with Crippen molar-refractivity contribution in [1.29, 1.82) is 0 Å². The number of fused-ring (bicyclic) bond motifs is 1. The number of carbonyl (C=O) groups is 1. The lowest BCUT2D eigenvalue weighted by molar-refractivity contribution is -0.133. The fourth-order valence-electron chi connectivity index (χ4n) is 5.43. The number of likely N-dealkylation sites (tertiary alicyclic amines) is 1. The average molecular weight is 581 g/mol. The van der Waals surface area contributed by atoms with Crippen LogP contribution in [0.4, 0.5) is 20.2 Å². The number of hydrogen-bond donors (Lipinski definition) is 1. The van der Waals surface area contributed by atoms with Crippen molar-refractivity contribution in [3.8, 4) is 0 Å². The standard InChI is InChI=1S/C27H30F2N8O.2C2H6/c1-34-10-12-35(13-11-34)20-15-23-26(30-16-20)25(32-17-31-23)18-4-7-36(8-5-18)27(38)22-6-9-37(33-22)24-3-2-19(28)14-21(24)29;2*1-2/h2-3,6,9,14-18,22,33H,4-5,7-8,10-13H2,1H3;2*1-2H3. The normalized spacial score (nSPS) is 19.3. The van der Waals surface area contributed by atoms with Crippen molar-refractivity contribution >= 4 is 28.3 Å². The molecule has 1 atom stereocenters. The molecule has 6 rings (SSSR count). The third kappa shape index (κ3) is 6.84. The van der Waals surface area contributed by atoms with Crippen LogP contribution in [-0.4, -0.2) is 83.0 Å². The summed E-state index contributed by atoms with van der Waals surface area (Å²) in [4.78, 5) is 33.5. The van der Waals surface area contributed by atoms with Crippen molar-refractivity contribution in [3.05, 3.63) is 66.4 Å². The highest BCUT2D eigenvalue weighted by Crippen LogP contribution is 2.32. The molecule has 226 valence electrons. The second-order valence-corrected chi connectivity index (χ2v) is 10.1. The first-order valence-electron chi connectivity index (χ1n) is 15.0. The smallest absolute Gasteiger partial charge is 0.245 e. The number of amides is 1. The summed E-state index contributed by atoms with van der Waals surface area (Å²) < 4.78 is 27.4. The van der Waals surface area contributed by atoms with E-state index in [1.165, 1.54) is 17.1 Å². The van der Waals surface area contributed by atoms with Crippen LogP contribution in [-0.2, 0) is 4.79 Å². The van der Waals surface area contributed by atoms with Gasteiger partial charge in [0.2, 0.25) is 5.91 Å². The van der Waals surface area contributed by atoms with Gasteiger partial charge >= 0.3 is 0 Å². The molecule has 9 nitrogen and oxygen atoms in total. The van der Waals surface area contributed by atoms with Crippen LogP contribution in [0.5, 0.6) is 0 Å². The average Bonchev–Trinajstić information content (AvgIpc) is 3.52. The lowest BCUT2D eigenvalue weighted by atomic mass is 9.92. The number of aromatic nitrogens is 3. The minimum atomic E-state index is -0.697. The van der Waals surface area contributed by atoms with E-state index in [0.717, 1.165) is 67.5 Å². The number of nitrogens with one attached hydrogen (secondary N) is 1. The Labute approximate surface area is 247 Å². The summed E-state index contributed by atoms with van der Waals surface area (Å²) in [6, 6.07) is 4.85. The van der Waals surface area contributed by atoms with Crippen molar-refractivity contribution in [2.45, 2.75) is 52.5 Å². The van der Waals surface area contributed by atoms with Crippen molar-refractivity contribution in [1.82, 2.24) is 30.2 Å². The fraction of sp³-hybridized carbons (Fsp3) is 0.484. The van der Waals surface area contributed by atoms with Crippen molar-refractivity contribution in [2.75, 3.05) is 56.2 Å². The summed E-state index contributed by atoms with van der Waals surface area (Å²) in [5, 5.41) is 1.42. The molecule has 0 saturated carbocycles. The summed E-state index contributed by atoms with van der Waals surface area (Å²) in [7, 11) is 2.14. The zero-order valence-corrected chi connectivity index (χ0v) is 25.2. The van der Waals surface area contributed by atoms with Crippen LogP contribution >= 0.6 is 0 Å². The van der Waals surface area contributed by atoms with Gasteiger partial charge in [-0.3, -0.25) is 14.8 Å². The molecule has 1 amide bonds. The Hall–Kier alpha value is -3.70. The molecular weight excluding hydrogens is 538 g/mol. The predicted molar refractivity (Wildman–Crippen MR) is 163 cm³/mol. The second kappa shape index (κ2) is 14.5. The van der Waals surface area contributed by atoms with E-state index < -0.39 is 17.7 Å². The van der Waals surface area contributed by atoms with Crippen molar-refractivity contribution in [3.63, 3.8) is 0 Å². The number of benzene rings is 1. The third-order valence-corrected chi connectivity index (χ3v) is 7.69. The van der Waals surface area contributed by atoms with Crippen molar-refractivity contribution in [2.24, 2.45) is 0 Å². The Bertz CT molecular complexity index is 1370. The van der Waals surface area contributed by atoms with Crippen LogP contribution in [0.1, 0.15) is 52.1 Å². The molecule has 1 aromatic carbocycles. The molecular formula is C31H42F2N8O. The van der Waals surface area contributed by atoms with Gasteiger partial charge in [0.1, 0.15) is 23.7 Å². The van der Waals surface area contributed by atoms with Crippen LogP contribution in [0.25, 0.3) is 11.0 Å². The van der Waals surface area contributed by atoms with Gasteiger partial charge in [-0.1, -0.05) is 27.7 Å². The lowest BCUT2D eigenvalue weighted by Gasteiger charge is -2.34. The van der Waals surface area contributed by atoms with E-state index in [0.29, 0.717) is 13.1 Å². The largest absolute Gasteiger partial charge is 0.368 e. The molecule has 2 saturated heterocycles.